The second-order valence-corrected chi connectivity index (χ2v) is 6.22. The van der Waals surface area contributed by atoms with Crippen LogP contribution in [0.3, 0.4) is 0 Å². The van der Waals surface area contributed by atoms with Crippen molar-refractivity contribution in [3.8, 4) is 0 Å². The van der Waals surface area contributed by atoms with Gasteiger partial charge in [0, 0.05) is 6.42 Å². The van der Waals surface area contributed by atoms with Gasteiger partial charge in [-0.3, -0.25) is 4.79 Å². The van der Waals surface area contributed by atoms with Crippen LogP contribution in [-0.2, 0) is 25.7 Å². The summed E-state index contributed by atoms with van der Waals surface area (Å²) in [5.74, 6) is -1.77. The predicted molar refractivity (Wildman–Crippen MR) is 86.3 cm³/mol. The number of carboxylic acid groups (broad SMARTS) is 1. The van der Waals surface area contributed by atoms with E-state index >= 15 is 0 Å². The maximum Gasteiger partial charge on any atom is 0.408 e. The second kappa shape index (κ2) is 8.90. The van der Waals surface area contributed by atoms with Crippen LogP contribution < -0.4 is 5.32 Å². The molecule has 0 spiro atoms. The van der Waals surface area contributed by atoms with Crippen LogP contribution in [0.15, 0.2) is 30.3 Å². The Labute approximate surface area is 141 Å². The molecular formula is C17H23NO6. The molecule has 0 aromatic heterocycles. The predicted octanol–water partition coefficient (Wildman–Crippen LogP) is 2.49. The minimum absolute atomic E-state index is 0.0409. The van der Waals surface area contributed by atoms with Crippen LogP contribution in [-0.4, -0.2) is 34.8 Å². The zero-order valence-electron chi connectivity index (χ0n) is 14.1. The second-order valence-electron chi connectivity index (χ2n) is 6.22. The van der Waals surface area contributed by atoms with E-state index in [9.17, 15) is 14.4 Å². The van der Waals surface area contributed by atoms with Crippen molar-refractivity contribution in [2.75, 3.05) is 0 Å². The highest BCUT2D eigenvalue weighted by atomic mass is 16.6. The van der Waals surface area contributed by atoms with E-state index in [1.54, 1.807) is 32.9 Å². The molecule has 0 bridgehead atoms. The lowest BCUT2D eigenvalue weighted by Crippen LogP contribution is -2.44. The van der Waals surface area contributed by atoms with Crippen molar-refractivity contribution in [2.24, 2.45) is 0 Å². The number of aliphatic carboxylic acids is 1. The molecule has 0 saturated carbocycles. The molecule has 0 radical (unpaired) electrons. The van der Waals surface area contributed by atoms with Gasteiger partial charge in [0.15, 0.2) is 0 Å². The highest BCUT2D eigenvalue weighted by molar-refractivity contribution is 5.82. The van der Waals surface area contributed by atoms with Gasteiger partial charge >= 0.3 is 18.0 Å². The van der Waals surface area contributed by atoms with Gasteiger partial charge in [-0.2, -0.15) is 0 Å². The number of carbonyl (C=O) groups excluding carboxylic acids is 2. The van der Waals surface area contributed by atoms with E-state index in [1.807, 2.05) is 18.2 Å². The van der Waals surface area contributed by atoms with E-state index in [0.29, 0.717) is 0 Å². The molecule has 1 aromatic carbocycles. The summed E-state index contributed by atoms with van der Waals surface area (Å²) in [6.07, 6.45) is -1.15. The van der Waals surface area contributed by atoms with Crippen LogP contribution in [0.2, 0.25) is 0 Å². The third-order valence-corrected chi connectivity index (χ3v) is 2.85. The highest BCUT2D eigenvalue weighted by Gasteiger charge is 2.26. The fourth-order valence-electron chi connectivity index (χ4n) is 1.80. The maximum atomic E-state index is 12.1. The zero-order chi connectivity index (χ0) is 18.2. The first-order valence-corrected chi connectivity index (χ1v) is 7.59. The Bertz CT molecular complexity index is 564. The molecule has 0 unspecified atom stereocenters. The number of hydrogen-bond acceptors (Lipinski definition) is 5. The lowest BCUT2D eigenvalue weighted by atomic mass is 10.2. The molecule has 0 aliphatic heterocycles. The summed E-state index contributed by atoms with van der Waals surface area (Å²) in [5.41, 5.74) is 0.0650. The Balaban J connectivity index is 2.64. The van der Waals surface area contributed by atoms with E-state index in [-0.39, 0.29) is 19.4 Å². The molecule has 0 saturated heterocycles. The quantitative estimate of drug-likeness (QED) is 0.448. The number of ether oxygens (including phenoxy) is 2. The van der Waals surface area contributed by atoms with Crippen molar-refractivity contribution in [1.29, 1.82) is 0 Å². The molecule has 7 nitrogen and oxygen atoms in total. The molecule has 24 heavy (non-hydrogen) atoms. The van der Waals surface area contributed by atoms with Gasteiger partial charge in [0.1, 0.15) is 18.2 Å². The Kier molecular flexibility index (Phi) is 7.23. The van der Waals surface area contributed by atoms with Gasteiger partial charge in [0.25, 0.3) is 0 Å². The smallest absolute Gasteiger partial charge is 0.408 e. The third kappa shape index (κ3) is 8.17. The summed E-state index contributed by atoms with van der Waals surface area (Å²) in [5, 5.41) is 11.1. The van der Waals surface area contributed by atoms with Crippen LogP contribution in [0, 0.1) is 0 Å². The minimum Gasteiger partial charge on any atom is -0.481 e. The number of hydrogen-bond donors (Lipinski definition) is 2. The van der Waals surface area contributed by atoms with Crippen LogP contribution in [0.4, 0.5) is 4.79 Å². The SMILES string of the molecule is CC(C)(C)OC(=O)[15NH][13C@@H]([13CH2][13CH2][13C](=O)O)[13C](=O)OCc1ccccc1. The van der Waals surface area contributed by atoms with E-state index in [1.165, 1.54) is 0 Å². The van der Waals surface area contributed by atoms with Crippen molar-refractivity contribution in [1.82, 2.24) is 5.32 Å². The number of rotatable bonds is 7. The fourth-order valence-corrected chi connectivity index (χ4v) is 1.80. The standard InChI is InChI=1S/C17H23NO6/c1-17(2,3)24-16(22)18-13(9-10-14(19)20)15(21)23-11-12-7-5-4-6-8-12/h4-8,13H,9-11H2,1-3H3,(H,18,22)(H,19,20)/t13-/m0/s1/i9+1,10+1,13+1,14+1,15+1,18+1. The van der Waals surface area contributed by atoms with Crippen LogP contribution in [0.25, 0.3) is 0 Å². The van der Waals surface area contributed by atoms with Gasteiger partial charge in [-0.15, -0.1) is 0 Å². The van der Waals surface area contributed by atoms with Crippen molar-refractivity contribution in [3.05, 3.63) is 35.9 Å². The molecule has 7 heteroatoms. The molecule has 1 aromatic rings. The molecule has 0 aliphatic carbocycles. The van der Waals surface area contributed by atoms with Gasteiger partial charge in [-0.05, 0) is 32.8 Å². The van der Waals surface area contributed by atoms with Crippen LogP contribution in [0.1, 0.15) is 39.2 Å². The Hall–Kier alpha value is -2.57. The fraction of sp³-hybridized carbons (Fsp3) is 0.471. The van der Waals surface area contributed by atoms with Crippen molar-refractivity contribution in [2.45, 2.75) is 51.9 Å². The maximum absolute atomic E-state index is 12.1. The number of alkyl carbamates (subject to hydrolysis) is 1. The number of benzene rings is 1. The summed E-state index contributed by atoms with van der Waals surface area (Å²) in [4.78, 5) is 34.7. The van der Waals surface area contributed by atoms with Crippen LogP contribution in [0.5, 0.6) is 0 Å². The molecular weight excluding hydrogens is 320 g/mol. The number of amides is 1. The molecule has 0 fully saturated rings. The normalized spacial score (nSPS) is 12.1. The van der Waals surface area contributed by atoms with E-state index < -0.39 is 29.7 Å². The monoisotopic (exact) mass is 343 g/mol. The molecule has 1 rings (SSSR count). The number of carboxylic acids is 1. The van der Waals surface area contributed by atoms with E-state index in [0.717, 1.165) is 5.56 Å². The largest absolute Gasteiger partial charge is 0.481 e. The van der Waals surface area contributed by atoms with Gasteiger partial charge in [-0.1, -0.05) is 30.3 Å². The summed E-state index contributed by atoms with van der Waals surface area (Å²) < 4.78 is 10.2. The average Bonchev–Trinajstić information content (AvgIpc) is 2.48. The van der Waals surface area contributed by atoms with Crippen LogP contribution >= 0.6 is 0 Å². The molecule has 0 heterocycles. The summed E-state index contributed by atoms with van der Waals surface area (Å²) >= 11 is 0. The zero-order valence-corrected chi connectivity index (χ0v) is 14.1. The molecule has 132 valence electrons. The highest BCUT2D eigenvalue weighted by Crippen LogP contribution is 2.09. The summed E-state index contributed by atoms with van der Waals surface area (Å²) in [7, 11) is 0. The van der Waals surface area contributed by atoms with E-state index in [4.69, 9.17) is 14.6 Å². The number of nitrogens with one attached hydrogen (secondary N) is 1. The lowest BCUT2D eigenvalue weighted by Gasteiger charge is -2.22. The lowest BCUT2D eigenvalue weighted by molar-refractivity contribution is -0.148. The van der Waals surface area contributed by atoms with Crippen molar-refractivity contribution < 1.29 is 29.0 Å². The Morgan fingerprint density at radius 2 is 1.79 bits per heavy atom. The minimum atomic E-state index is -1.08. The molecule has 1 amide bonds. The number of carbonyl (C=O) groups is 3. The molecule has 2 N–H and O–H groups in total. The van der Waals surface area contributed by atoms with Gasteiger partial charge in [0.2, 0.25) is 0 Å². The first-order valence-electron chi connectivity index (χ1n) is 7.59. The van der Waals surface area contributed by atoms with Crippen molar-refractivity contribution >= 4 is 18.0 Å². The number of esters is 1. The van der Waals surface area contributed by atoms with Gasteiger partial charge in [0.05, 0.1) is 0 Å². The Morgan fingerprint density at radius 3 is 2.33 bits per heavy atom. The first kappa shape index (κ1) is 19.5. The topological polar surface area (TPSA) is 102 Å². The van der Waals surface area contributed by atoms with Crippen molar-refractivity contribution in [3.63, 3.8) is 0 Å². The molecule has 1 atom stereocenters. The van der Waals surface area contributed by atoms with E-state index in [2.05, 4.69) is 5.32 Å². The van der Waals surface area contributed by atoms with Gasteiger partial charge < -0.3 is 19.9 Å². The summed E-state index contributed by atoms with van der Waals surface area (Å²) in [6, 6.07) is 7.96. The van der Waals surface area contributed by atoms with Gasteiger partial charge in [-0.25, -0.2) is 9.59 Å². The third-order valence-electron chi connectivity index (χ3n) is 2.85. The average molecular weight is 343 g/mol. The first-order chi connectivity index (χ1) is 11.2. The molecule has 0 aliphatic rings. The summed E-state index contributed by atoms with van der Waals surface area (Å²) in [6.45, 7) is 5.10. The Morgan fingerprint density at radius 1 is 1.17 bits per heavy atom.